The van der Waals surface area contributed by atoms with Crippen LogP contribution in [0.1, 0.15) is 18.2 Å². The van der Waals surface area contributed by atoms with Crippen LogP contribution in [0.25, 0.3) is 0 Å². The molecule has 4 nitrogen and oxygen atoms in total. The van der Waals surface area contributed by atoms with Crippen molar-refractivity contribution in [2.24, 2.45) is 0 Å². The Bertz CT molecular complexity index is 513. The SMILES string of the molecule is CC(Cc1cnccn1)N(C)C(=O)Cc1ccsc1. The molecule has 0 radical (unpaired) electrons. The van der Waals surface area contributed by atoms with E-state index in [9.17, 15) is 4.79 Å². The second-order valence-corrected chi connectivity index (χ2v) is 5.34. The number of carbonyl (C=O) groups is 1. The molecule has 1 atom stereocenters. The van der Waals surface area contributed by atoms with E-state index < -0.39 is 0 Å². The predicted octanol–water partition coefficient (Wildman–Crippen LogP) is 2.17. The Balaban J connectivity index is 1.91. The Morgan fingerprint density at radius 3 is 2.95 bits per heavy atom. The van der Waals surface area contributed by atoms with Gasteiger partial charge in [-0.3, -0.25) is 14.8 Å². The third-order valence-electron chi connectivity index (χ3n) is 3.11. The van der Waals surface area contributed by atoms with Crippen molar-refractivity contribution in [2.45, 2.75) is 25.8 Å². The molecular weight excluding hydrogens is 258 g/mol. The zero-order valence-electron chi connectivity index (χ0n) is 11.1. The quantitative estimate of drug-likeness (QED) is 0.840. The number of rotatable bonds is 5. The summed E-state index contributed by atoms with van der Waals surface area (Å²) >= 11 is 1.62. The Morgan fingerprint density at radius 1 is 1.47 bits per heavy atom. The van der Waals surface area contributed by atoms with Crippen molar-refractivity contribution in [2.75, 3.05) is 7.05 Å². The number of likely N-dealkylation sites (N-methyl/N-ethyl adjacent to an activating group) is 1. The standard InChI is InChI=1S/C14H17N3OS/c1-11(7-13-9-15-4-5-16-13)17(2)14(18)8-12-3-6-19-10-12/h3-6,9-11H,7-8H2,1-2H3. The molecule has 0 saturated carbocycles. The van der Waals surface area contributed by atoms with E-state index in [1.165, 1.54) is 0 Å². The second kappa shape index (κ2) is 6.43. The van der Waals surface area contributed by atoms with Crippen LogP contribution in [0.4, 0.5) is 0 Å². The highest BCUT2D eigenvalue weighted by atomic mass is 32.1. The molecule has 0 N–H and O–H groups in total. The van der Waals surface area contributed by atoms with Crippen molar-refractivity contribution in [3.63, 3.8) is 0 Å². The van der Waals surface area contributed by atoms with Crippen molar-refractivity contribution in [3.8, 4) is 0 Å². The summed E-state index contributed by atoms with van der Waals surface area (Å²) in [6.45, 7) is 2.03. The van der Waals surface area contributed by atoms with Gasteiger partial charge in [0.25, 0.3) is 0 Å². The van der Waals surface area contributed by atoms with E-state index in [1.807, 2.05) is 30.8 Å². The van der Waals surface area contributed by atoms with Gasteiger partial charge in [-0.15, -0.1) is 0 Å². The lowest BCUT2D eigenvalue weighted by Crippen LogP contribution is -2.37. The van der Waals surface area contributed by atoms with Crippen LogP contribution in [0.3, 0.4) is 0 Å². The van der Waals surface area contributed by atoms with Gasteiger partial charge in [0.2, 0.25) is 5.91 Å². The van der Waals surface area contributed by atoms with Crippen LogP contribution in [-0.2, 0) is 17.6 Å². The molecule has 1 unspecified atom stereocenters. The molecule has 2 heterocycles. The van der Waals surface area contributed by atoms with Crippen LogP contribution >= 0.6 is 11.3 Å². The highest BCUT2D eigenvalue weighted by Gasteiger charge is 2.17. The summed E-state index contributed by atoms with van der Waals surface area (Å²) in [5, 5.41) is 4.00. The molecule has 2 rings (SSSR count). The maximum Gasteiger partial charge on any atom is 0.227 e. The third kappa shape index (κ3) is 3.86. The zero-order valence-corrected chi connectivity index (χ0v) is 11.9. The number of carbonyl (C=O) groups excluding carboxylic acids is 1. The van der Waals surface area contributed by atoms with Crippen LogP contribution in [-0.4, -0.2) is 33.9 Å². The lowest BCUT2D eigenvalue weighted by molar-refractivity contribution is -0.130. The van der Waals surface area contributed by atoms with Crippen molar-refractivity contribution in [1.82, 2.24) is 14.9 Å². The minimum atomic E-state index is 0.114. The van der Waals surface area contributed by atoms with E-state index in [0.717, 1.165) is 17.7 Å². The highest BCUT2D eigenvalue weighted by molar-refractivity contribution is 7.07. The van der Waals surface area contributed by atoms with Gasteiger partial charge in [0.05, 0.1) is 12.1 Å². The van der Waals surface area contributed by atoms with Crippen molar-refractivity contribution < 1.29 is 4.79 Å². The summed E-state index contributed by atoms with van der Waals surface area (Å²) in [4.78, 5) is 22.2. The zero-order chi connectivity index (χ0) is 13.7. The number of thiophene rings is 1. The molecule has 19 heavy (non-hydrogen) atoms. The Hall–Kier alpha value is -1.75. The maximum absolute atomic E-state index is 12.1. The van der Waals surface area contributed by atoms with Crippen LogP contribution in [0, 0.1) is 0 Å². The van der Waals surface area contributed by atoms with Gasteiger partial charge in [-0.2, -0.15) is 11.3 Å². The fourth-order valence-corrected chi connectivity index (χ4v) is 2.48. The number of hydrogen-bond donors (Lipinski definition) is 0. The normalized spacial score (nSPS) is 12.1. The summed E-state index contributed by atoms with van der Waals surface area (Å²) in [5.41, 5.74) is 1.98. The van der Waals surface area contributed by atoms with E-state index in [1.54, 1.807) is 34.8 Å². The van der Waals surface area contributed by atoms with Gasteiger partial charge in [-0.1, -0.05) is 0 Å². The lowest BCUT2D eigenvalue weighted by atomic mass is 10.1. The Kier molecular flexibility index (Phi) is 4.63. The van der Waals surface area contributed by atoms with E-state index in [0.29, 0.717) is 6.42 Å². The summed E-state index contributed by atoms with van der Waals surface area (Å²) in [5.74, 6) is 0.134. The molecule has 0 saturated heterocycles. The highest BCUT2D eigenvalue weighted by Crippen LogP contribution is 2.10. The van der Waals surface area contributed by atoms with Gasteiger partial charge in [-0.25, -0.2) is 0 Å². The Labute approximate surface area is 117 Å². The van der Waals surface area contributed by atoms with Gasteiger partial charge in [-0.05, 0) is 29.3 Å². The maximum atomic E-state index is 12.1. The number of aromatic nitrogens is 2. The fourth-order valence-electron chi connectivity index (χ4n) is 1.81. The molecule has 0 spiro atoms. The molecule has 0 aromatic carbocycles. The topological polar surface area (TPSA) is 46.1 Å². The molecule has 2 aromatic rings. The van der Waals surface area contributed by atoms with E-state index in [2.05, 4.69) is 9.97 Å². The van der Waals surface area contributed by atoms with Crippen LogP contribution < -0.4 is 0 Å². The van der Waals surface area contributed by atoms with Gasteiger partial charge in [0.1, 0.15) is 0 Å². The van der Waals surface area contributed by atoms with E-state index in [4.69, 9.17) is 0 Å². The Morgan fingerprint density at radius 2 is 2.32 bits per heavy atom. The van der Waals surface area contributed by atoms with Crippen molar-refractivity contribution in [3.05, 3.63) is 46.7 Å². The fraction of sp³-hybridized carbons (Fsp3) is 0.357. The van der Waals surface area contributed by atoms with Crippen LogP contribution in [0.2, 0.25) is 0 Å². The van der Waals surface area contributed by atoms with Gasteiger partial charge >= 0.3 is 0 Å². The van der Waals surface area contributed by atoms with Crippen molar-refractivity contribution >= 4 is 17.2 Å². The average molecular weight is 275 g/mol. The van der Waals surface area contributed by atoms with Gasteiger partial charge < -0.3 is 4.90 Å². The first-order chi connectivity index (χ1) is 9.16. The first-order valence-corrected chi connectivity index (χ1v) is 7.12. The minimum absolute atomic E-state index is 0.114. The van der Waals surface area contributed by atoms with Crippen LogP contribution in [0.15, 0.2) is 35.4 Å². The van der Waals surface area contributed by atoms with Crippen LogP contribution in [0.5, 0.6) is 0 Å². The molecule has 1 amide bonds. The van der Waals surface area contributed by atoms with E-state index in [-0.39, 0.29) is 11.9 Å². The van der Waals surface area contributed by atoms with Gasteiger partial charge in [0, 0.05) is 38.1 Å². The van der Waals surface area contributed by atoms with Gasteiger partial charge in [0.15, 0.2) is 0 Å². The largest absolute Gasteiger partial charge is 0.342 e. The molecule has 0 aliphatic heterocycles. The lowest BCUT2D eigenvalue weighted by Gasteiger charge is -2.24. The summed E-state index contributed by atoms with van der Waals surface area (Å²) in [6, 6.07) is 2.10. The van der Waals surface area contributed by atoms with Crippen molar-refractivity contribution in [1.29, 1.82) is 0 Å². The summed E-state index contributed by atoms with van der Waals surface area (Å²) in [7, 11) is 1.84. The first-order valence-electron chi connectivity index (χ1n) is 6.18. The molecule has 0 bridgehead atoms. The third-order valence-corrected chi connectivity index (χ3v) is 3.84. The molecule has 0 aliphatic rings. The second-order valence-electron chi connectivity index (χ2n) is 4.56. The van der Waals surface area contributed by atoms with E-state index >= 15 is 0 Å². The number of hydrogen-bond acceptors (Lipinski definition) is 4. The molecule has 0 aliphatic carbocycles. The summed E-state index contributed by atoms with van der Waals surface area (Å²) in [6.07, 6.45) is 6.26. The monoisotopic (exact) mass is 275 g/mol. The molecule has 100 valence electrons. The molecule has 0 fully saturated rings. The molecule has 5 heteroatoms. The number of amides is 1. The smallest absolute Gasteiger partial charge is 0.227 e. The predicted molar refractivity (Wildman–Crippen MR) is 76.0 cm³/mol. The summed E-state index contributed by atoms with van der Waals surface area (Å²) < 4.78 is 0. The number of nitrogens with zero attached hydrogens (tertiary/aromatic N) is 3. The molecule has 2 aromatic heterocycles. The average Bonchev–Trinajstić information content (AvgIpc) is 2.91. The first kappa shape index (κ1) is 13.7. The molecular formula is C14H17N3OS. The minimum Gasteiger partial charge on any atom is -0.342 e.